The fraction of sp³-hybridized carbons (Fsp3) is 0.429. The summed E-state index contributed by atoms with van der Waals surface area (Å²) < 4.78 is 14.7. The molecule has 7 nitrogen and oxygen atoms in total. The predicted octanol–water partition coefficient (Wildman–Crippen LogP) is 3.54. The van der Waals surface area contributed by atoms with E-state index in [9.17, 15) is 9.50 Å². The molecule has 1 aromatic carbocycles. The van der Waals surface area contributed by atoms with Gasteiger partial charge in [0.25, 0.3) is 0 Å². The average Bonchev–Trinajstić information content (AvgIpc) is 3.35. The smallest absolute Gasteiger partial charge is 0.151 e. The third-order valence-corrected chi connectivity index (χ3v) is 6.73. The molecule has 0 bridgehead atoms. The highest BCUT2D eigenvalue weighted by molar-refractivity contribution is 7.14. The number of hydrogen-bond donors (Lipinski definition) is 2. The van der Waals surface area contributed by atoms with Crippen LogP contribution in [0.5, 0.6) is 5.75 Å². The summed E-state index contributed by atoms with van der Waals surface area (Å²) in [7, 11) is 0. The van der Waals surface area contributed by atoms with Crippen molar-refractivity contribution in [3.05, 3.63) is 35.1 Å². The normalized spacial score (nSPS) is 19.3. The zero-order valence-electron chi connectivity index (χ0n) is 16.7. The van der Waals surface area contributed by atoms with Gasteiger partial charge in [-0.3, -0.25) is 0 Å². The van der Waals surface area contributed by atoms with Crippen molar-refractivity contribution in [3.8, 4) is 27.6 Å². The molecule has 156 valence electrons. The van der Waals surface area contributed by atoms with E-state index in [1.54, 1.807) is 13.0 Å². The molecule has 1 saturated heterocycles. The van der Waals surface area contributed by atoms with Gasteiger partial charge in [0.1, 0.15) is 16.6 Å². The molecule has 0 unspecified atom stereocenters. The molecule has 30 heavy (non-hydrogen) atoms. The van der Waals surface area contributed by atoms with Crippen molar-refractivity contribution in [2.24, 2.45) is 0 Å². The highest BCUT2D eigenvalue weighted by Gasteiger charge is 2.28. The van der Waals surface area contributed by atoms with Crippen LogP contribution >= 0.6 is 11.3 Å². The number of benzene rings is 1. The number of rotatable bonds is 5. The molecule has 1 saturated carbocycles. The quantitative estimate of drug-likeness (QED) is 0.645. The minimum absolute atomic E-state index is 0.0627. The number of anilines is 1. The summed E-state index contributed by atoms with van der Waals surface area (Å²) in [6.45, 7) is 3.66. The first-order valence-electron chi connectivity index (χ1n) is 10.2. The van der Waals surface area contributed by atoms with Crippen LogP contribution in [0.4, 0.5) is 10.2 Å². The maximum absolute atomic E-state index is 14.7. The molecule has 0 amide bonds. The largest absolute Gasteiger partial charge is 0.507 e. The lowest BCUT2D eigenvalue weighted by molar-refractivity contribution is 0.311. The lowest BCUT2D eigenvalue weighted by Gasteiger charge is -2.29. The standard InChI is InChI=1S/C21H23FN6OS/c1-12-24-27-21(30-12)15-10-19(29)16(9-17(15)22)18-5-6-20(26-25-18)28-8-7-14(11-28)23-13-3-2-4-13/h5-6,9-10,13-14,23,29H,2-4,7-8,11H2,1H3/t14-/m1/s1. The van der Waals surface area contributed by atoms with Gasteiger partial charge in [-0.15, -0.1) is 20.4 Å². The Morgan fingerprint density at radius 2 is 1.93 bits per heavy atom. The highest BCUT2D eigenvalue weighted by atomic mass is 32.1. The molecule has 9 heteroatoms. The van der Waals surface area contributed by atoms with Gasteiger partial charge in [-0.1, -0.05) is 17.8 Å². The third-order valence-electron chi connectivity index (χ3n) is 5.86. The maximum Gasteiger partial charge on any atom is 0.151 e. The summed E-state index contributed by atoms with van der Waals surface area (Å²) in [5.41, 5.74) is 0.967. The van der Waals surface area contributed by atoms with Gasteiger partial charge in [0, 0.05) is 30.7 Å². The van der Waals surface area contributed by atoms with E-state index in [0.29, 0.717) is 28.3 Å². The van der Waals surface area contributed by atoms with Crippen molar-refractivity contribution in [3.63, 3.8) is 0 Å². The molecule has 2 fully saturated rings. The van der Waals surface area contributed by atoms with E-state index in [-0.39, 0.29) is 11.3 Å². The van der Waals surface area contributed by atoms with Crippen molar-refractivity contribution in [2.75, 3.05) is 18.0 Å². The summed E-state index contributed by atoms with van der Waals surface area (Å²) in [6, 6.07) is 7.47. The van der Waals surface area contributed by atoms with Gasteiger partial charge in [0.05, 0.1) is 11.3 Å². The Balaban J connectivity index is 1.32. The minimum Gasteiger partial charge on any atom is -0.507 e. The van der Waals surface area contributed by atoms with Crippen molar-refractivity contribution in [1.29, 1.82) is 0 Å². The highest BCUT2D eigenvalue weighted by Crippen LogP contribution is 2.36. The van der Waals surface area contributed by atoms with E-state index in [0.717, 1.165) is 30.3 Å². The van der Waals surface area contributed by atoms with Crippen molar-refractivity contribution in [1.82, 2.24) is 25.7 Å². The van der Waals surface area contributed by atoms with Gasteiger partial charge in [-0.2, -0.15) is 0 Å². The van der Waals surface area contributed by atoms with Gasteiger partial charge in [0.15, 0.2) is 10.8 Å². The fourth-order valence-corrected chi connectivity index (χ4v) is 4.70. The van der Waals surface area contributed by atoms with E-state index in [2.05, 4.69) is 30.6 Å². The van der Waals surface area contributed by atoms with Crippen molar-refractivity contribution < 1.29 is 9.50 Å². The number of phenols is 1. The van der Waals surface area contributed by atoms with Gasteiger partial charge in [0.2, 0.25) is 0 Å². The molecule has 0 spiro atoms. The monoisotopic (exact) mass is 426 g/mol. The van der Waals surface area contributed by atoms with Gasteiger partial charge in [-0.05, 0) is 50.5 Å². The summed E-state index contributed by atoms with van der Waals surface area (Å²) >= 11 is 1.28. The first-order chi connectivity index (χ1) is 14.6. The molecule has 2 aromatic heterocycles. The SMILES string of the molecule is Cc1nnc(-c2cc(O)c(-c3ccc(N4CC[C@@H](NC5CCC5)C4)nn3)cc2F)s1. The first kappa shape index (κ1) is 19.3. The van der Waals surface area contributed by atoms with Crippen LogP contribution in [0.15, 0.2) is 24.3 Å². The molecule has 1 aliphatic heterocycles. The van der Waals surface area contributed by atoms with E-state index in [1.807, 2.05) is 6.07 Å². The zero-order chi connectivity index (χ0) is 20.7. The van der Waals surface area contributed by atoms with Gasteiger partial charge >= 0.3 is 0 Å². The molecule has 2 aliphatic rings. The third kappa shape index (κ3) is 3.75. The molecule has 3 aromatic rings. The Morgan fingerprint density at radius 1 is 1.07 bits per heavy atom. The number of phenolic OH excluding ortho intramolecular Hbond substituents is 1. The van der Waals surface area contributed by atoms with Crippen LogP contribution in [-0.2, 0) is 0 Å². The fourth-order valence-electron chi connectivity index (χ4n) is 3.99. The number of nitrogens with zero attached hydrogens (tertiary/aromatic N) is 5. The van der Waals surface area contributed by atoms with Crippen LogP contribution in [0.2, 0.25) is 0 Å². The average molecular weight is 427 g/mol. The molecule has 1 aliphatic carbocycles. The summed E-state index contributed by atoms with van der Waals surface area (Å²) in [5, 5.41) is 31.8. The zero-order valence-corrected chi connectivity index (χ0v) is 17.5. The molecular formula is C21H23FN6OS. The van der Waals surface area contributed by atoms with E-state index in [4.69, 9.17) is 0 Å². The topological polar surface area (TPSA) is 87.1 Å². The summed E-state index contributed by atoms with van der Waals surface area (Å²) in [6.07, 6.45) is 4.99. The number of halogens is 1. The second-order valence-corrected chi connectivity index (χ2v) is 9.16. The molecule has 5 rings (SSSR count). The number of aryl methyl sites for hydroxylation is 1. The molecule has 1 atom stereocenters. The Hall–Kier alpha value is -2.65. The van der Waals surface area contributed by atoms with Crippen LogP contribution in [0.1, 0.15) is 30.7 Å². The van der Waals surface area contributed by atoms with Crippen LogP contribution in [-0.4, -0.2) is 50.7 Å². The summed E-state index contributed by atoms with van der Waals surface area (Å²) in [4.78, 5) is 2.22. The van der Waals surface area contributed by atoms with Crippen LogP contribution in [0.25, 0.3) is 21.8 Å². The van der Waals surface area contributed by atoms with E-state index < -0.39 is 5.82 Å². The number of aromatic hydroxyl groups is 1. The Labute approximate surface area is 178 Å². The Kier molecular flexibility index (Phi) is 5.08. The maximum atomic E-state index is 14.7. The number of hydrogen-bond acceptors (Lipinski definition) is 8. The molecule has 0 radical (unpaired) electrons. The van der Waals surface area contributed by atoms with Crippen LogP contribution in [0.3, 0.4) is 0 Å². The van der Waals surface area contributed by atoms with Crippen LogP contribution < -0.4 is 10.2 Å². The van der Waals surface area contributed by atoms with Gasteiger partial charge < -0.3 is 15.3 Å². The van der Waals surface area contributed by atoms with Crippen molar-refractivity contribution in [2.45, 2.75) is 44.7 Å². The Morgan fingerprint density at radius 3 is 2.60 bits per heavy atom. The Bertz CT molecular complexity index is 1050. The lowest BCUT2D eigenvalue weighted by atomic mass is 9.92. The minimum atomic E-state index is -0.478. The predicted molar refractivity (Wildman–Crippen MR) is 114 cm³/mol. The van der Waals surface area contributed by atoms with Gasteiger partial charge in [-0.25, -0.2) is 4.39 Å². The van der Waals surface area contributed by atoms with Crippen LogP contribution in [0, 0.1) is 12.7 Å². The molecule has 2 N–H and O–H groups in total. The second-order valence-electron chi connectivity index (χ2n) is 7.98. The second kappa shape index (κ2) is 7.88. The van der Waals surface area contributed by atoms with E-state index >= 15 is 0 Å². The van der Waals surface area contributed by atoms with E-state index in [1.165, 1.54) is 42.7 Å². The molecule has 3 heterocycles. The first-order valence-corrected chi connectivity index (χ1v) is 11.1. The van der Waals surface area contributed by atoms with Crippen molar-refractivity contribution >= 4 is 17.2 Å². The number of aromatic nitrogens is 4. The number of nitrogens with one attached hydrogen (secondary N) is 1. The lowest BCUT2D eigenvalue weighted by Crippen LogP contribution is -2.43. The molecular weight excluding hydrogens is 403 g/mol. The summed E-state index contributed by atoms with van der Waals surface area (Å²) in [5.74, 6) is 0.263.